The van der Waals surface area contributed by atoms with Crippen LogP contribution < -0.4 is 5.32 Å². The van der Waals surface area contributed by atoms with Gasteiger partial charge in [-0.2, -0.15) is 5.26 Å². The van der Waals surface area contributed by atoms with Crippen molar-refractivity contribution >= 4 is 0 Å². The zero-order valence-electron chi connectivity index (χ0n) is 10.9. The first-order valence-electron chi connectivity index (χ1n) is 6.77. The molecule has 1 aliphatic carbocycles. The molecule has 19 heavy (non-hydrogen) atoms. The molecule has 1 fully saturated rings. The van der Waals surface area contributed by atoms with E-state index >= 15 is 0 Å². The lowest BCUT2D eigenvalue weighted by molar-refractivity contribution is 0.124. The number of rotatable bonds is 5. The van der Waals surface area contributed by atoms with Crippen molar-refractivity contribution in [1.29, 1.82) is 5.26 Å². The van der Waals surface area contributed by atoms with Crippen LogP contribution in [-0.4, -0.2) is 29.4 Å². The summed E-state index contributed by atoms with van der Waals surface area (Å²) in [4.78, 5) is 0. The van der Waals surface area contributed by atoms with Gasteiger partial charge in [-0.3, -0.25) is 0 Å². The molecule has 0 aliphatic heterocycles. The van der Waals surface area contributed by atoms with Gasteiger partial charge < -0.3 is 15.5 Å². The van der Waals surface area contributed by atoms with Gasteiger partial charge >= 0.3 is 0 Å². The predicted octanol–water partition coefficient (Wildman–Crippen LogP) is 1.34. The van der Waals surface area contributed by atoms with E-state index in [0.29, 0.717) is 18.0 Å². The Kier molecular flexibility index (Phi) is 4.92. The number of aliphatic hydroxyl groups excluding tert-OH is 2. The fourth-order valence-corrected chi connectivity index (χ4v) is 2.56. The van der Waals surface area contributed by atoms with Crippen LogP contribution in [0.15, 0.2) is 24.3 Å². The molecule has 102 valence electrons. The molecule has 0 heterocycles. The minimum Gasteiger partial charge on any atom is -0.393 e. The Bertz CT molecular complexity index is 438. The van der Waals surface area contributed by atoms with Crippen molar-refractivity contribution < 1.29 is 10.2 Å². The van der Waals surface area contributed by atoms with Crippen molar-refractivity contribution in [3.05, 3.63) is 35.4 Å². The first-order valence-corrected chi connectivity index (χ1v) is 6.77. The maximum atomic E-state index is 10.0. The quantitative estimate of drug-likeness (QED) is 0.747. The summed E-state index contributed by atoms with van der Waals surface area (Å²) < 4.78 is 0. The van der Waals surface area contributed by atoms with E-state index in [0.717, 1.165) is 31.4 Å². The Labute approximate surface area is 113 Å². The molecule has 0 aromatic heterocycles. The van der Waals surface area contributed by atoms with Gasteiger partial charge in [0, 0.05) is 13.1 Å². The number of nitrogens with zero attached hydrogens (tertiary/aromatic N) is 1. The predicted molar refractivity (Wildman–Crippen MR) is 72.3 cm³/mol. The number of hydrogen-bond acceptors (Lipinski definition) is 4. The highest BCUT2D eigenvalue weighted by Crippen LogP contribution is 2.24. The molecule has 0 bridgehead atoms. The number of nitriles is 1. The van der Waals surface area contributed by atoms with Gasteiger partial charge in [0.15, 0.2) is 0 Å². The van der Waals surface area contributed by atoms with Crippen LogP contribution >= 0.6 is 0 Å². The van der Waals surface area contributed by atoms with Gasteiger partial charge in [-0.1, -0.05) is 18.6 Å². The van der Waals surface area contributed by atoms with Gasteiger partial charge in [0.2, 0.25) is 0 Å². The van der Waals surface area contributed by atoms with Crippen LogP contribution in [-0.2, 0) is 0 Å². The van der Waals surface area contributed by atoms with Crippen LogP contribution in [0.2, 0.25) is 0 Å². The van der Waals surface area contributed by atoms with Crippen LogP contribution in [0.1, 0.15) is 36.5 Å². The summed E-state index contributed by atoms with van der Waals surface area (Å²) in [6.07, 6.45) is 2.27. The van der Waals surface area contributed by atoms with Crippen molar-refractivity contribution in [3.63, 3.8) is 0 Å². The highest BCUT2D eigenvalue weighted by atomic mass is 16.3. The van der Waals surface area contributed by atoms with E-state index in [1.807, 2.05) is 0 Å². The molecule has 1 aromatic carbocycles. The molecule has 1 aromatic rings. The fraction of sp³-hybridized carbons (Fsp3) is 0.533. The Balaban J connectivity index is 1.77. The third kappa shape index (κ3) is 3.77. The second-order valence-electron chi connectivity index (χ2n) is 5.17. The van der Waals surface area contributed by atoms with E-state index in [2.05, 4.69) is 11.4 Å². The Morgan fingerprint density at radius 2 is 2.05 bits per heavy atom. The molecule has 4 nitrogen and oxygen atoms in total. The summed E-state index contributed by atoms with van der Waals surface area (Å²) in [5.74, 6) is 0.313. The van der Waals surface area contributed by atoms with Gasteiger partial charge in [0.05, 0.1) is 23.8 Å². The Morgan fingerprint density at radius 1 is 1.32 bits per heavy atom. The smallest absolute Gasteiger partial charge is 0.0991 e. The van der Waals surface area contributed by atoms with Crippen LogP contribution in [0.4, 0.5) is 0 Å². The maximum absolute atomic E-state index is 10.0. The lowest BCUT2D eigenvalue weighted by atomic mass is 10.1. The Morgan fingerprint density at radius 3 is 2.63 bits per heavy atom. The lowest BCUT2D eigenvalue weighted by Crippen LogP contribution is -2.30. The molecule has 3 atom stereocenters. The summed E-state index contributed by atoms with van der Waals surface area (Å²) >= 11 is 0. The summed E-state index contributed by atoms with van der Waals surface area (Å²) in [6.45, 7) is 1.21. The van der Waals surface area contributed by atoms with E-state index < -0.39 is 6.10 Å². The van der Waals surface area contributed by atoms with Gasteiger partial charge in [-0.15, -0.1) is 0 Å². The summed E-state index contributed by atoms with van der Waals surface area (Å²) in [5.41, 5.74) is 1.40. The van der Waals surface area contributed by atoms with Crippen molar-refractivity contribution in [1.82, 2.24) is 5.32 Å². The summed E-state index contributed by atoms with van der Waals surface area (Å²) in [5, 5.41) is 31.6. The number of nitrogens with one attached hydrogen (secondary N) is 1. The zero-order chi connectivity index (χ0) is 13.7. The average molecular weight is 260 g/mol. The molecular formula is C15H20N2O2. The third-order valence-corrected chi connectivity index (χ3v) is 3.79. The Hall–Kier alpha value is -1.41. The van der Waals surface area contributed by atoms with Crippen molar-refractivity contribution in [2.45, 2.75) is 31.5 Å². The molecule has 0 spiro atoms. The average Bonchev–Trinajstić information content (AvgIpc) is 2.84. The third-order valence-electron chi connectivity index (χ3n) is 3.79. The van der Waals surface area contributed by atoms with Gasteiger partial charge in [0.1, 0.15) is 0 Å². The summed E-state index contributed by atoms with van der Waals surface area (Å²) in [7, 11) is 0. The molecule has 0 saturated heterocycles. The van der Waals surface area contributed by atoms with E-state index in [4.69, 9.17) is 5.26 Å². The molecular weight excluding hydrogens is 240 g/mol. The molecule has 0 radical (unpaired) electrons. The van der Waals surface area contributed by atoms with Crippen molar-refractivity contribution in [2.24, 2.45) is 5.92 Å². The highest BCUT2D eigenvalue weighted by Gasteiger charge is 2.24. The van der Waals surface area contributed by atoms with Crippen molar-refractivity contribution in [3.8, 4) is 6.07 Å². The van der Waals surface area contributed by atoms with Gasteiger partial charge in [-0.25, -0.2) is 0 Å². The van der Waals surface area contributed by atoms with Crippen LogP contribution in [0.25, 0.3) is 0 Å². The topological polar surface area (TPSA) is 76.3 Å². The normalized spacial score (nSPS) is 24.1. The molecule has 2 rings (SSSR count). The van der Waals surface area contributed by atoms with E-state index in [-0.39, 0.29) is 6.10 Å². The second-order valence-corrected chi connectivity index (χ2v) is 5.17. The second kappa shape index (κ2) is 6.67. The summed E-state index contributed by atoms with van der Waals surface area (Å²) in [6, 6.07) is 9.01. The molecule has 4 heteroatoms. The molecule has 1 saturated carbocycles. The van der Waals surface area contributed by atoms with Crippen LogP contribution in [0, 0.1) is 17.2 Å². The van der Waals surface area contributed by atoms with E-state index in [1.54, 1.807) is 24.3 Å². The molecule has 3 N–H and O–H groups in total. The number of aliphatic hydroxyl groups is 2. The van der Waals surface area contributed by atoms with Gasteiger partial charge in [-0.05, 0) is 36.5 Å². The SMILES string of the molecule is N#Cc1ccc(C(O)CNCC2CCCC2O)cc1. The standard InChI is InChI=1S/C15H20N2O2/c16-8-11-4-6-12(7-5-11)15(19)10-17-9-13-2-1-3-14(13)18/h4-7,13-15,17-19H,1-3,9-10H2. The van der Waals surface area contributed by atoms with Gasteiger partial charge in [0.25, 0.3) is 0 Å². The first kappa shape index (κ1) is 14.0. The van der Waals surface area contributed by atoms with Crippen molar-refractivity contribution in [2.75, 3.05) is 13.1 Å². The minimum absolute atomic E-state index is 0.195. The fourth-order valence-electron chi connectivity index (χ4n) is 2.56. The van der Waals surface area contributed by atoms with Crippen LogP contribution in [0.5, 0.6) is 0 Å². The number of hydrogen-bond donors (Lipinski definition) is 3. The maximum Gasteiger partial charge on any atom is 0.0991 e. The van der Waals surface area contributed by atoms with Crippen LogP contribution in [0.3, 0.4) is 0 Å². The molecule has 3 unspecified atom stereocenters. The number of benzene rings is 1. The monoisotopic (exact) mass is 260 g/mol. The lowest BCUT2D eigenvalue weighted by Gasteiger charge is -2.17. The largest absolute Gasteiger partial charge is 0.393 e. The molecule has 1 aliphatic rings. The minimum atomic E-state index is -0.578. The first-order chi connectivity index (χ1) is 9.20. The highest BCUT2D eigenvalue weighted by molar-refractivity contribution is 5.32. The molecule has 0 amide bonds. The van der Waals surface area contributed by atoms with E-state index in [1.165, 1.54) is 0 Å². The zero-order valence-corrected chi connectivity index (χ0v) is 10.9. The van der Waals surface area contributed by atoms with E-state index in [9.17, 15) is 10.2 Å².